The van der Waals surface area contributed by atoms with Crippen molar-refractivity contribution in [3.8, 4) is 11.3 Å². The van der Waals surface area contributed by atoms with E-state index in [1.165, 1.54) is 4.57 Å². The van der Waals surface area contributed by atoms with E-state index in [1.54, 1.807) is 42.4 Å². The van der Waals surface area contributed by atoms with Gasteiger partial charge in [0.15, 0.2) is 5.82 Å². The van der Waals surface area contributed by atoms with Crippen LogP contribution < -0.4 is 21.5 Å². The maximum atomic E-state index is 13.5. The van der Waals surface area contributed by atoms with Gasteiger partial charge in [-0.3, -0.25) is 14.4 Å². The number of rotatable bonds is 8. The molecule has 0 aliphatic carbocycles. The molecule has 4 rings (SSSR count). The van der Waals surface area contributed by atoms with Crippen LogP contribution in [0.1, 0.15) is 40.1 Å². The summed E-state index contributed by atoms with van der Waals surface area (Å²) in [5.41, 5.74) is 9.65. The SMILES string of the molecule is Cc1c(-c2cn(C)c(=O)c(Nc3ccc(C(N)=O)cc3)n2)cccc1N(CC(C)C)C(=O)c1ccccc1. The van der Waals surface area contributed by atoms with Crippen molar-refractivity contribution in [1.29, 1.82) is 0 Å². The molecule has 1 aromatic heterocycles. The third-order valence-corrected chi connectivity index (χ3v) is 6.19. The van der Waals surface area contributed by atoms with Crippen molar-refractivity contribution in [2.24, 2.45) is 18.7 Å². The number of nitrogens with one attached hydrogen (secondary N) is 1. The van der Waals surface area contributed by atoms with Crippen molar-refractivity contribution in [3.05, 3.63) is 106 Å². The Labute approximate surface area is 221 Å². The van der Waals surface area contributed by atoms with Crippen LogP contribution in [0.4, 0.5) is 17.2 Å². The molecule has 0 bridgehead atoms. The van der Waals surface area contributed by atoms with E-state index in [0.29, 0.717) is 29.1 Å². The second-order valence-electron chi connectivity index (χ2n) is 9.58. The van der Waals surface area contributed by atoms with Crippen molar-refractivity contribution in [2.45, 2.75) is 20.8 Å². The van der Waals surface area contributed by atoms with E-state index in [1.807, 2.05) is 55.5 Å². The summed E-state index contributed by atoms with van der Waals surface area (Å²) in [5.74, 6) is -0.214. The zero-order valence-corrected chi connectivity index (χ0v) is 21.9. The highest BCUT2D eigenvalue weighted by Gasteiger charge is 2.22. The van der Waals surface area contributed by atoms with Gasteiger partial charge in [-0.05, 0) is 60.9 Å². The number of hydrogen-bond acceptors (Lipinski definition) is 5. The zero-order valence-electron chi connectivity index (χ0n) is 21.9. The van der Waals surface area contributed by atoms with Gasteiger partial charge < -0.3 is 20.5 Å². The van der Waals surface area contributed by atoms with E-state index in [0.717, 1.165) is 16.8 Å². The number of amides is 2. The minimum atomic E-state index is -0.528. The summed E-state index contributed by atoms with van der Waals surface area (Å²) in [6.45, 7) is 6.66. The van der Waals surface area contributed by atoms with Gasteiger partial charge in [0.25, 0.3) is 11.5 Å². The molecule has 2 amide bonds. The number of carbonyl (C=O) groups is 2. The van der Waals surface area contributed by atoms with Gasteiger partial charge in [-0.1, -0.05) is 44.2 Å². The lowest BCUT2D eigenvalue weighted by Crippen LogP contribution is -2.34. The van der Waals surface area contributed by atoms with Gasteiger partial charge in [0.2, 0.25) is 5.91 Å². The van der Waals surface area contributed by atoms with Gasteiger partial charge in [-0.2, -0.15) is 0 Å². The van der Waals surface area contributed by atoms with Gasteiger partial charge in [-0.25, -0.2) is 4.98 Å². The van der Waals surface area contributed by atoms with Gasteiger partial charge in [0.05, 0.1) is 5.69 Å². The molecule has 0 spiro atoms. The molecule has 38 heavy (non-hydrogen) atoms. The first-order chi connectivity index (χ1) is 18.2. The molecule has 0 saturated carbocycles. The van der Waals surface area contributed by atoms with E-state index in [2.05, 4.69) is 24.1 Å². The summed E-state index contributed by atoms with van der Waals surface area (Å²) in [5, 5.41) is 3.05. The Kier molecular flexibility index (Phi) is 7.71. The fourth-order valence-electron chi connectivity index (χ4n) is 4.26. The van der Waals surface area contributed by atoms with Crippen LogP contribution in [0.5, 0.6) is 0 Å². The number of benzene rings is 3. The van der Waals surface area contributed by atoms with Crippen molar-refractivity contribution in [1.82, 2.24) is 9.55 Å². The van der Waals surface area contributed by atoms with Gasteiger partial charge in [0, 0.05) is 47.9 Å². The second-order valence-corrected chi connectivity index (χ2v) is 9.58. The molecule has 3 N–H and O–H groups in total. The summed E-state index contributed by atoms with van der Waals surface area (Å²) < 4.78 is 1.47. The molecule has 1 heterocycles. The third kappa shape index (κ3) is 5.64. The highest BCUT2D eigenvalue weighted by molar-refractivity contribution is 6.07. The number of hydrogen-bond donors (Lipinski definition) is 2. The van der Waals surface area contributed by atoms with Crippen LogP contribution in [-0.2, 0) is 7.05 Å². The highest BCUT2D eigenvalue weighted by Crippen LogP contribution is 2.31. The van der Waals surface area contributed by atoms with Crippen LogP contribution in [0.15, 0.2) is 83.8 Å². The molecule has 4 aromatic rings. The fraction of sp³-hybridized carbons (Fsp3) is 0.200. The molecular formula is C30H31N5O3. The maximum Gasteiger partial charge on any atom is 0.293 e. The molecule has 0 atom stereocenters. The Hall–Kier alpha value is -4.72. The first kappa shape index (κ1) is 26.3. The van der Waals surface area contributed by atoms with Crippen molar-refractivity contribution >= 4 is 29.0 Å². The summed E-state index contributed by atoms with van der Waals surface area (Å²) in [4.78, 5) is 44.2. The smallest absolute Gasteiger partial charge is 0.293 e. The molecule has 3 aromatic carbocycles. The first-order valence-corrected chi connectivity index (χ1v) is 12.4. The normalized spacial score (nSPS) is 10.9. The topological polar surface area (TPSA) is 110 Å². The van der Waals surface area contributed by atoms with Gasteiger partial charge in [-0.15, -0.1) is 0 Å². The van der Waals surface area contributed by atoms with Crippen LogP contribution in [0.25, 0.3) is 11.3 Å². The van der Waals surface area contributed by atoms with Crippen LogP contribution in [0.2, 0.25) is 0 Å². The average molecular weight is 510 g/mol. The Morgan fingerprint density at radius 2 is 1.66 bits per heavy atom. The molecular weight excluding hydrogens is 478 g/mol. The van der Waals surface area contributed by atoms with E-state index in [-0.39, 0.29) is 23.2 Å². The number of aromatic nitrogens is 2. The molecule has 0 aliphatic rings. The number of carbonyl (C=O) groups excluding carboxylic acids is 2. The van der Waals surface area contributed by atoms with Crippen LogP contribution in [0.3, 0.4) is 0 Å². The fourth-order valence-corrected chi connectivity index (χ4v) is 4.26. The Morgan fingerprint density at radius 1 is 0.974 bits per heavy atom. The van der Waals surface area contributed by atoms with E-state index >= 15 is 0 Å². The van der Waals surface area contributed by atoms with E-state index in [4.69, 9.17) is 5.73 Å². The number of nitrogens with two attached hydrogens (primary N) is 1. The lowest BCUT2D eigenvalue weighted by Gasteiger charge is -2.27. The highest BCUT2D eigenvalue weighted by atomic mass is 16.2. The average Bonchev–Trinajstić information content (AvgIpc) is 2.90. The number of anilines is 3. The first-order valence-electron chi connectivity index (χ1n) is 12.4. The largest absolute Gasteiger partial charge is 0.366 e. The van der Waals surface area contributed by atoms with Crippen molar-refractivity contribution < 1.29 is 9.59 Å². The summed E-state index contributed by atoms with van der Waals surface area (Å²) in [7, 11) is 1.66. The molecule has 194 valence electrons. The van der Waals surface area contributed by atoms with Crippen molar-refractivity contribution in [3.63, 3.8) is 0 Å². The number of primary amides is 1. The second kappa shape index (κ2) is 11.1. The predicted molar refractivity (Wildman–Crippen MR) is 151 cm³/mol. The molecule has 0 aliphatic heterocycles. The molecule has 0 fully saturated rings. The quantitative estimate of drug-likeness (QED) is 0.351. The van der Waals surface area contributed by atoms with Crippen LogP contribution in [0, 0.1) is 12.8 Å². The summed E-state index contributed by atoms with van der Waals surface area (Å²) in [6, 6.07) is 21.5. The zero-order chi connectivity index (χ0) is 27.4. The molecule has 0 unspecified atom stereocenters. The Bertz CT molecular complexity index is 1530. The third-order valence-electron chi connectivity index (χ3n) is 6.19. The summed E-state index contributed by atoms with van der Waals surface area (Å²) >= 11 is 0. The number of nitrogens with zero attached hydrogens (tertiary/aromatic N) is 3. The number of aryl methyl sites for hydroxylation is 1. The van der Waals surface area contributed by atoms with Crippen LogP contribution >= 0.6 is 0 Å². The van der Waals surface area contributed by atoms with Gasteiger partial charge >= 0.3 is 0 Å². The summed E-state index contributed by atoms with van der Waals surface area (Å²) in [6.07, 6.45) is 1.68. The minimum Gasteiger partial charge on any atom is -0.366 e. The van der Waals surface area contributed by atoms with E-state index in [9.17, 15) is 14.4 Å². The lowest BCUT2D eigenvalue weighted by molar-refractivity contribution is 0.0980. The van der Waals surface area contributed by atoms with Gasteiger partial charge in [0.1, 0.15) is 0 Å². The molecule has 0 radical (unpaired) electrons. The monoisotopic (exact) mass is 509 g/mol. The Balaban J connectivity index is 1.75. The Morgan fingerprint density at radius 3 is 2.29 bits per heavy atom. The molecule has 0 saturated heterocycles. The molecule has 8 heteroatoms. The maximum absolute atomic E-state index is 13.5. The lowest BCUT2D eigenvalue weighted by atomic mass is 10.0. The molecule has 8 nitrogen and oxygen atoms in total. The van der Waals surface area contributed by atoms with E-state index < -0.39 is 5.91 Å². The standard InChI is InChI=1S/C30H31N5O3/c1-19(2)17-35(29(37)22-9-6-5-7-10-22)26-12-8-11-24(20(26)3)25-18-34(4)30(38)28(33-25)32-23-15-13-21(14-16-23)27(31)36/h5-16,18-19H,17H2,1-4H3,(H2,31,36)(H,32,33). The van der Waals surface area contributed by atoms with Crippen molar-refractivity contribution in [2.75, 3.05) is 16.8 Å². The minimum absolute atomic E-state index is 0.0743. The predicted octanol–water partition coefficient (Wildman–Crippen LogP) is 4.90. The van der Waals surface area contributed by atoms with Crippen LogP contribution in [-0.4, -0.2) is 27.9 Å².